The standard InChI is InChI=1S/C23H16N8/c1-13-5-8-24-11-15(13)18-10-14-19(12-27-18)30-31-20(14)23-28-17-6-9-26-21(22(17)29-23)16-4-2-3-7-25-16/h2-12H,1H3,(H,28,29)(H,30,31). The van der Waals surface area contributed by atoms with E-state index in [9.17, 15) is 0 Å². The van der Waals surface area contributed by atoms with Crippen LogP contribution in [0.2, 0.25) is 0 Å². The van der Waals surface area contributed by atoms with E-state index in [1.807, 2.05) is 49.5 Å². The molecule has 0 spiro atoms. The minimum absolute atomic E-state index is 0.659. The highest BCUT2D eigenvalue weighted by Crippen LogP contribution is 2.31. The van der Waals surface area contributed by atoms with Gasteiger partial charge in [0.1, 0.15) is 16.9 Å². The number of fused-ring (bicyclic) bond motifs is 2. The van der Waals surface area contributed by atoms with Gasteiger partial charge in [0.05, 0.1) is 28.6 Å². The Balaban J connectivity index is 1.52. The first-order chi connectivity index (χ1) is 15.3. The van der Waals surface area contributed by atoms with E-state index in [1.54, 1.807) is 24.8 Å². The lowest BCUT2D eigenvalue weighted by molar-refractivity contribution is 1.10. The molecule has 0 unspecified atom stereocenters. The number of H-pyrrole nitrogens is 2. The van der Waals surface area contributed by atoms with E-state index in [1.165, 1.54) is 0 Å². The lowest BCUT2D eigenvalue weighted by atomic mass is 10.1. The van der Waals surface area contributed by atoms with Crippen LogP contribution in [0.5, 0.6) is 0 Å². The quantitative estimate of drug-likeness (QED) is 0.454. The van der Waals surface area contributed by atoms with E-state index in [0.29, 0.717) is 5.82 Å². The summed E-state index contributed by atoms with van der Waals surface area (Å²) in [6, 6.07) is 11.6. The molecule has 6 aromatic rings. The lowest BCUT2D eigenvalue weighted by Gasteiger charge is -2.04. The largest absolute Gasteiger partial charge is 0.336 e. The fourth-order valence-electron chi connectivity index (χ4n) is 3.71. The van der Waals surface area contributed by atoms with Crippen molar-refractivity contribution in [3.63, 3.8) is 0 Å². The molecule has 0 atom stereocenters. The van der Waals surface area contributed by atoms with Crippen molar-refractivity contribution >= 4 is 21.9 Å². The molecule has 2 N–H and O–H groups in total. The van der Waals surface area contributed by atoms with Crippen molar-refractivity contribution in [2.75, 3.05) is 0 Å². The summed E-state index contributed by atoms with van der Waals surface area (Å²) in [6.45, 7) is 2.05. The summed E-state index contributed by atoms with van der Waals surface area (Å²) in [6.07, 6.45) is 8.90. The van der Waals surface area contributed by atoms with Gasteiger partial charge in [0.25, 0.3) is 0 Å². The molecule has 0 aliphatic rings. The molecule has 8 heteroatoms. The molecular formula is C23H16N8. The number of aryl methyl sites for hydroxylation is 1. The minimum Gasteiger partial charge on any atom is -0.336 e. The molecule has 0 radical (unpaired) electrons. The molecule has 148 valence electrons. The van der Waals surface area contributed by atoms with Crippen LogP contribution in [0.1, 0.15) is 5.56 Å². The maximum atomic E-state index is 4.83. The van der Waals surface area contributed by atoms with Crippen LogP contribution in [-0.2, 0) is 0 Å². The Kier molecular flexibility index (Phi) is 3.82. The Hall–Kier alpha value is -4.46. The van der Waals surface area contributed by atoms with Gasteiger partial charge < -0.3 is 4.98 Å². The zero-order chi connectivity index (χ0) is 20.8. The highest BCUT2D eigenvalue weighted by molar-refractivity contribution is 5.96. The smallest absolute Gasteiger partial charge is 0.159 e. The molecule has 0 fully saturated rings. The SMILES string of the molecule is Cc1ccncc1-c1cc2c(-c3nc4c(-c5ccccn5)nccc4[nH]3)n[nH]c2cn1. The van der Waals surface area contributed by atoms with Gasteiger partial charge in [-0.1, -0.05) is 6.07 Å². The van der Waals surface area contributed by atoms with E-state index >= 15 is 0 Å². The van der Waals surface area contributed by atoms with Gasteiger partial charge in [-0.05, 0) is 42.8 Å². The van der Waals surface area contributed by atoms with Crippen LogP contribution in [0.3, 0.4) is 0 Å². The Morgan fingerprint density at radius 2 is 1.77 bits per heavy atom. The molecule has 0 saturated carbocycles. The molecule has 0 amide bonds. The summed E-state index contributed by atoms with van der Waals surface area (Å²) < 4.78 is 0. The number of hydrogen-bond acceptors (Lipinski definition) is 6. The Bertz CT molecular complexity index is 1550. The number of aromatic amines is 2. The number of imidazole rings is 1. The Labute approximate surface area is 176 Å². The van der Waals surface area contributed by atoms with E-state index in [0.717, 1.165) is 55.8 Å². The molecule has 0 aliphatic heterocycles. The van der Waals surface area contributed by atoms with Crippen LogP contribution in [0.25, 0.3) is 56.1 Å². The van der Waals surface area contributed by atoms with Crippen LogP contribution in [-0.4, -0.2) is 40.1 Å². The van der Waals surface area contributed by atoms with Crippen LogP contribution >= 0.6 is 0 Å². The second-order valence-electron chi connectivity index (χ2n) is 7.23. The first kappa shape index (κ1) is 17.4. The normalized spacial score (nSPS) is 11.4. The van der Waals surface area contributed by atoms with Gasteiger partial charge in [0, 0.05) is 35.7 Å². The summed E-state index contributed by atoms with van der Waals surface area (Å²) >= 11 is 0. The molecule has 0 aliphatic carbocycles. The van der Waals surface area contributed by atoms with Crippen molar-refractivity contribution in [1.29, 1.82) is 0 Å². The highest BCUT2D eigenvalue weighted by Gasteiger charge is 2.17. The van der Waals surface area contributed by atoms with Crippen molar-refractivity contribution in [3.05, 3.63) is 72.9 Å². The monoisotopic (exact) mass is 404 g/mol. The summed E-state index contributed by atoms with van der Waals surface area (Å²) in [5.41, 5.74) is 7.64. The average Bonchev–Trinajstić information content (AvgIpc) is 3.43. The van der Waals surface area contributed by atoms with Crippen LogP contribution in [0.4, 0.5) is 0 Å². The molecule has 31 heavy (non-hydrogen) atoms. The fraction of sp³-hybridized carbons (Fsp3) is 0.0435. The average molecular weight is 404 g/mol. The number of aromatic nitrogens is 8. The third-order valence-corrected chi connectivity index (χ3v) is 5.30. The second kappa shape index (κ2) is 6.81. The van der Waals surface area contributed by atoms with Crippen molar-refractivity contribution in [1.82, 2.24) is 40.1 Å². The number of rotatable bonds is 3. The van der Waals surface area contributed by atoms with E-state index < -0.39 is 0 Å². The van der Waals surface area contributed by atoms with E-state index in [4.69, 9.17) is 4.98 Å². The van der Waals surface area contributed by atoms with Gasteiger partial charge in [-0.2, -0.15) is 5.10 Å². The number of pyridine rings is 4. The summed E-state index contributed by atoms with van der Waals surface area (Å²) in [5, 5.41) is 8.49. The van der Waals surface area contributed by atoms with Gasteiger partial charge in [0.2, 0.25) is 0 Å². The van der Waals surface area contributed by atoms with Gasteiger partial charge in [-0.3, -0.25) is 25.0 Å². The van der Waals surface area contributed by atoms with Gasteiger partial charge >= 0.3 is 0 Å². The van der Waals surface area contributed by atoms with Crippen molar-refractivity contribution in [3.8, 4) is 34.2 Å². The van der Waals surface area contributed by atoms with Crippen molar-refractivity contribution in [2.45, 2.75) is 6.92 Å². The van der Waals surface area contributed by atoms with Crippen LogP contribution in [0.15, 0.2) is 67.4 Å². The predicted octanol–water partition coefficient (Wildman–Crippen LogP) is 4.33. The van der Waals surface area contributed by atoms with Gasteiger partial charge in [-0.25, -0.2) is 4.98 Å². The first-order valence-electron chi connectivity index (χ1n) is 9.79. The molecule has 0 aromatic carbocycles. The summed E-state index contributed by atoms with van der Waals surface area (Å²) in [5.74, 6) is 0.659. The lowest BCUT2D eigenvalue weighted by Crippen LogP contribution is -1.89. The second-order valence-corrected chi connectivity index (χ2v) is 7.23. The van der Waals surface area contributed by atoms with E-state index in [-0.39, 0.29) is 0 Å². The van der Waals surface area contributed by atoms with Crippen LogP contribution in [0, 0.1) is 6.92 Å². The van der Waals surface area contributed by atoms with Gasteiger partial charge in [0.15, 0.2) is 5.82 Å². The summed E-state index contributed by atoms with van der Waals surface area (Å²) in [4.78, 5) is 26.0. The molecule has 8 nitrogen and oxygen atoms in total. The number of hydrogen-bond donors (Lipinski definition) is 2. The zero-order valence-electron chi connectivity index (χ0n) is 16.5. The molecule has 0 saturated heterocycles. The maximum Gasteiger partial charge on any atom is 0.159 e. The molecule has 6 heterocycles. The number of nitrogens with one attached hydrogen (secondary N) is 2. The molecular weight excluding hydrogens is 388 g/mol. The van der Waals surface area contributed by atoms with E-state index in [2.05, 4.69) is 35.1 Å². The fourth-order valence-corrected chi connectivity index (χ4v) is 3.71. The Morgan fingerprint density at radius 1 is 0.806 bits per heavy atom. The Morgan fingerprint density at radius 3 is 2.65 bits per heavy atom. The minimum atomic E-state index is 0.659. The topological polar surface area (TPSA) is 109 Å². The number of nitrogens with zero attached hydrogens (tertiary/aromatic N) is 6. The maximum absolute atomic E-state index is 4.83. The van der Waals surface area contributed by atoms with Crippen molar-refractivity contribution < 1.29 is 0 Å². The molecule has 6 rings (SSSR count). The van der Waals surface area contributed by atoms with Gasteiger partial charge in [-0.15, -0.1) is 0 Å². The third kappa shape index (κ3) is 2.84. The third-order valence-electron chi connectivity index (χ3n) is 5.30. The summed E-state index contributed by atoms with van der Waals surface area (Å²) in [7, 11) is 0. The van der Waals surface area contributed by atoms with Crippen LogP contribution < -0.4 is 0 Å². The van der Waals surface area contributed by atoms with Crippen molar-refractivity contribution in [2.24, 2.45) is 0 Å². The molecule has 0 bridgehead atoms. The highest BCUT2D eigenvalue weighted by atomic mass is 15.1. The predicted molar refractivity (Wildman–Crippen MR) is 118 cm³/mol. The first-order valence-corrected chi connectivity index (χ1v) is 9.79. The zero-order valence-corrected chi connectivity index (χ0v) is 16.5. The molecule has 6 aromatic heterocycles.